The predicted molar refractivity (Wildman–Crippen MR) is 135 cm³/mol. The fraction of sp³-hybridized carbons (Fsp3) is 0.379. The lowest BCUT2D eigenvalue weighted by Gasteiger charge is -2.37. The molecule has 2 unspecified atom stereocenters. The van der Waals surface area contributed by atoms with Gasteiger partial charge < -0.3 is 15.2 Å². The van der Waals surface area contributed by atoms with E-state index in [0.717, 1.165) is 36.9 Å². The standard InChI is InChI=1S/C29H30ClNO4/c1-17-26(29(34)35-23-8-3-2-4-9-23)27(19-6-5-7-22(32)14-19)28-24(31-17)15-20(16-25(28)33)18-10-12-21(30)13-11-18/h5-7,10-14,20,23,27,31-32H,2-4,8-9,15-16H2,1H3. The Bertz CT molecular complexity index is 1210. The van der Waals surface area contributed by atoms with Crippen LogP contribution in [0.25, 0.3) is 0 Å². The zero-order valence-electron chi connectivity index (χ0n) is 19.9. The first-order valence-corrected chi connectivity index (χ1v) is 12.8. The zero-order chi connectivity index (χ0) is 24.5. The van der Waals surface area contributed by atoms with E-state index < -0.39 is 5.92 Å². The summed E-state index contributed by atoms with van der Waals surface area (Å²) >= 11 is 6.07. The molecule has 182 valence electrons. The minimum Gasteiger partial charge on any atom is -0.508 e. The van der Waals surface area contributed by atoms with Crippen LogP contribution in [0, 0.1) is 0 Å². The van der Waals surface area contributed by atoms with Crippen LogP contribution in [0.4, 0.5) is 0 Å². The summed E-state index contributed by atoms with van der Waals surface area (Å²) < 4.78 is 5.95. The fourth-order valence-electron chi connectivity index (χ4n) is 5.72. The number of ketones is 1. The summed E-state index contributed by atoms with van der Waals surface area (Å²) in [5, 5.41) is 14.3. The lowest BCUT2D eigenvalue weighted by atomic mass is 9.71. The quantitative estimate of drug-likeness (QED) is 0.492. The van der Waals surface area contributed by atoms with Crippen molar-refractivity contribution in [3.63, 3.8) is 0 Å². The van der Waals surface area contributed by atoms with Gasteiger partial charge in [-0.05, 0) is 80.3 Å². The Hall–Kier alpha value is -3.05. The molecular formula is C29H30ClNO4. The number of hydrogen-bond donors (Lipinski definition) is 2. The van der Waals surface area contributed by atoms with Gasteiger partial charge in [-0.25, -0.2) is 4.79 Å². The molecular weight excluding hydrogens is 462 g/mol. The van der Waals surface area contributed by atoms with E-state index in [1.807, 2.05) is 37.3 Å². The topological polar surface area (TPSA) is 75.6 Å². The van der Waals surface area contributed by atoms with E-state index in [0.29, 0.717) is 40.3 Å². The average molecular weight is 492 g/mol. The van der Waals surface area contributed by atoms with Crippen LogP contribution in [-0.2, 0) is 14.3 Å². The number of carbonyl (C=O) groups excluding carboxylic acids is 2. The Labute approximate surface area is 210 Å². The number of benzene rings is 2. The van der Waals surface area contributed by atoms with Gasteiger partial charge in [0, 0.05) is 34.3 Å². The van der Waals surface area contributed by atoms with Gasteiger partial charge in [0.1, 0.15) is 11.9 Å². The molecule has 0 aromatic heterocycles. The molecule has 3 aliphatic rings. The Morgan fingerprint density at radius 2 is 1.77 bits per heavy atom. The van der Waals surface area contributed by atoms with Crippen LogP contribution < -0.4 is 5.32 Å². The molecule has 2 aromatic rings. The summed E-state index contributed by atoms with van der Waals surface area (Å²) in [4.78, 5) is 27.2. The molecule has 0 spiro atoms. The van der Waals surface area contributed by atoms with Crippen molar-refractivity contribution in [2.24, 2.45) is 0 Å². The summed E-state index contributed by atoms with van der Waals surface area (Å²) in [6.45, 7) is 1.87. The molecule has 1 aliphatic heterocycles. The Morgan fingerprint density at radius 3 is 2.49 bits per heavy atom. The maximum absolute atomic E-state index is 13.7. The zero-order valence-corrected chi connectivity index (χ0v) is 20.6. The highest BCUT2D eigenvalue weighted by molar-refractivity contribution is 6.30. The van der Waals surface area contributed by atoms with Crippen LogP contribution in [-0.4, -0.2) is 23.0 Å². The summed E-state index contributed by atoms with van der Waals surface area (Å²) in [6, 6.07) is 14.5. The molecule has 0 radical (unpaired) electrons. The first-order valence-electron chi connectivity index (χ1n) is 12.4. The summed E-state index contributed by atoms with van der Waals surface area (Å²) in [6.07, 6.45) is 5.95. The Morgan fingerprint density at radius 1 is 1.03 bits per heavy atom. The van der Waals surface area contributed by atoms with Crippen LogP contribution >= 0.6 is 11.6 Å². The molecule has 0 amide bonds. The monoisotopic (exact) mass is 491 g/mol. The van der Waals surface area contributed by atoms with Gasteiger partial charge in [-0.3, -0.25) is 4.79 Å². The maximum atomic E-state index is 13.7. The molecule has 5 rings (SSSR count). The van der Waals surface area contributed by atoms with Crippen molar-refractivity contribution in [1.82, 2.24) is 5.32 Å². The van der Waals surface area contributed by atoms with Crippen LogP contribution in [0.2, 0.25) is 5.02 Å². The maximum Gasteiger partial charge on any atom is 0.337 e. The second-order valence-corrected chi connectivity index (χ2v) is 10.3. The highest BCUT2D eigenvalue weighted by Crippen LogP contribution is 2.46. The van der Waals surface area contributed by atoms with Crippen LogP contribution in [0.5, 0.6) is 5.75 Å². The Kier molecular flexibility index (Phi) is 6.70. The molecule has 5 nitrogen and oxygen atoms in total. The predicted octanol–water partition coefficient (Wildman–Crippen LogP) is 6.28. The fourth-order valence-corrected chi connectivity index (χ4v) is 5.84. The van der Waals surface area contributed by atoms with Crippen LogP contribution in [0.3, 0.4) is 0 Å². The number of nitrogens with one attached hydrogen (secondary N) is 1. The van der Waals surface area contributed by atoms with E-state index in [-0.39, 0.29) is 29.5 Å². The van der Waals surface area contributed by atoms with E-state index in [4.69, 9.17) is 16.3 Å². The lowest BCUT2D eigenvalue weighted by molar-refractivity contribution is -0.146. The second kappa shape index (κ2) is 9.90. The third-order valence-corrected chi connectivity index (χ3v) is 7.67. The van der Waals surface area contributed by atoms with Crippen molar-refractivity contribution in [3.8, 4) is 5.75 Å². The molecule has 2 N–H and O–H groups in total. The summed E-state index contributed by atoms with van der Waals surface area (Å²) in [5.74, 6) is -0.826. The lowest BCUT2D eigenvalue weighted by Crippen LogP contribution is -2.37. The minimum atomic E-state index is -0.576. The molecule has 6 heteroatoms. The number of phenols is 1. The number of dihydropyridines is 1. The number of phenolic OH excluding ortho intramolecular Hbond substituents is 1. The van der Waals surface area contributed by atoms with Crippen molar-refractivity contribution in [2.75, 3.05) is 0 Å². The molecule has 2 aromatic carbocycles. The van der Waals surface area contributed by atoms with Gasteiger partial charge in [0.2, 0.25) is 0 Å². The van der Waals surface area contributed by atoms with Gasteiger partial charge in [-0.15, -0.1) is 0 Å². The van der Waals surface area contributed by atoms with Crippen molar-refractivity contribution in [3.05, 3.63) is 87.2 Å². The van der Waals surface area contributed by atoms with Gasteiger partial charge in [0.25, 0.3) is 0 Å². The number of allylic oxidation sites excluding steroid dienone is 3. The third-order valence-electron chi connectivity index (χ3n) is 7.42. The molecule has 0 saturated heterocycles. The minimum absolute atomic E-state index is 0.00232. The first-order chi connectivity index (χ1) is 16.9. The van der Waals surface area contributed by atoms with E-state index in [9.17, 15) is 14.7 Å². The Balaban J connectivity index is 1.52. The number of Topliss-reactive ketones (excluding diaryl/α,β-unsaturated/α-hetero) is 1. The second-order valence-electron chi connectivity index (χ2n) is 9.83. The molecule has 1 fully saturated rings. The van der Waals surface area contributed by atoms with Gasteiger partial charge in [-0.1, -0.05) is 42.3 Å². The number of ether oxygens (including phenoxy) is 1. The SMILES string of the molecule is CC1=C(C(=O)OC2CCCCC2)C(c2cccc(O)c2)C2=C(CC(c3ccc(Cl)cc3)CC2=O)N1. The van der Waals surface area contributed by atoms with Crippen molar-refractivity contribution < 1.29 is 19.4 Å². The van der Waals surface area contributed by atoms with Gasteiger partial charge in [-0.2, -0.15) is 0 Å². The molecule has 35 heavy (non-hydrogen) atoms. The molecule has 2 aliphatic carbocycles. The van der Waals surface area contributed by atoms with E-state index in [1.165, 1.54) is 6.42 Å². The molecule has 1 saturated carbocycles. The molecule has 2 atom stereocenters. The van der Waals surface area contributed by atoms with Crippen LogP contribution in [0.1, 0.15) is 74.8 Å². The number of esters is 1. The summed E-state index contributed by atoms with van der Waals surface area (Å²) in [5.41, 5.74) is 4.37. The van der Waals surface area contributed by atoms with E-state index >= 15 is 0 Å². The summed E-state index contributed by atoms with van der Waals surface area (Å²) in [7, 11) is 0. The van der Waals surface area contributed by atoms with Gasteiger partial charge in [0.05, 0.1) is 5.57 Å². The van der Waals surface area contributed by atoms with Gasteiger partial charge >= 0.3 is 5.97 Å². The number of aromatic hydroxyl groups is 1. The van der Waals surface area contributed by atoms with Crippen molar-refractivity contribution in [2.45, 2.75) is 69.8 Å². The normalized spacial score (nSPS) is 23.1. The van der Waals surface area contributed by atoms with Gasteiger partial charge in [0.15, 0.2) is 5.78 Å². The smallest absolute Gasteiger partial charge is 0.337 e. The number of carbonyl (C=O) groups is 2. The number of rotatable bonds is 4. The van der Waals surface area contributed by atoms with Crippen molar-refractivity contribution >= 4 is 23.4 Å². The average Bonchev–Trinajstić information content (AvgIpc) is 2.84. The largest absolute Gasteiger partial charge is 0.508 e. The van der Waals surface area contributed by atoms with E-state index in [1.54, 1.807) is 18.2 Å². The first kappa shape index (κ1) is 23.7. The van der Waals surface area contributed by atoms with E-state index in [2.05, 4.69) is 5.32 Å². The number of halogens is 1. The number of hydrogen-bond acceptors (Lipinski definition) is 5. The third kappa shape index (κ3) is 4.87. The highest BCUT2D eigenvalue weighted by atomic mass is 35.5. The highest BCUT2D eigenvalue weighted by Gasteiger charge is 2.42. The molecule has 0 bridgehead atoms. The van der Waals surface area contributed by atoms with Crippen molar-refractivity contribution in [1.29, 1.82) is 0 Å². The van der Waals surface area contributed by atoms with Crippen LogP contribution in [0.15, 0.2) is 71.1 Å². The molecule has 1 heterocycles.